The Labute approximate surface area is 370 Å². The first kappa shape index (κ1) is 44.3. The summed E-state index contributed by atoms with van der Waals surface area (Å²) in [6.45, 7) is 13.9. The number of alkyl halides is 2. The monoisotopic (exact) mass is 889 g/mol. The number of aryl methyl sites for hydroxylation is 1. The van der Waals surface area contributed by atoms with E-state index in [-0.39, 0.29) is 59.1 Å². The van der Waals surface area contributed by atoms with Crippen LogP contribution in [0.25, 0.3) is 11.6 Å². The molecule has 6 aliphatic rings. The van der Waals surface area contributed by atoms with Gasteiger partial charge in [0.25, 0.3) is 17.4 Å². The molecule has 2 aliphatic carbocycles. The molecule has 6 aromatic heterocycles. The minimum Gasteiger partial charge on any atom is -0.473 e. The minimum absolute atomic E-state index is 0. The Morgan fingerprint density at radius 3 is 1.64 bits per heavy atom. The zero-order valence-electron chi connectivity index (χ0n) is 37.3. The third kappa shape index (κ3) is 8.19. The van der Waals surface area contributed by atoms with Crippen molar-refractivity contribution in [2.45, 2.75) is 122 Å². The number of nitrogens with one attached hydrogen (secondary N) is 2. The second-order valence-electron chi connectivity index (χ2n) is 17.9. The summed E-state index contributed by atoms with van der Waals surface area (Å²) >= 11 is 0. The van der Waals surface area contributed by atoms with Crippen LogP contribution >= 0.6 is 0 Å². The third-order valence-electron chi connectivity index (χ3n) is 11.7. The standard InChI is InChI=1S/C22H23F2N5O4.C20H24N6O3.C2H6.2H2/c1-12(2)33-17-14(25-16(30)13-5-4-6-29(18(13)31)19(23)24)7-28-8-15(26-20(28)27-17)22-9-21(3,10-22)32-11-22;1-12(2)29-17-14(21-16(27)13-5-6-25(4)24-13)7-26-8-15(22-18(26)23-17)20-9-19(3,10-20)28-11-20;1-2;;/h4-8,12,19H,9-11H2,1-3H3,(H,25,30);5-8,12H,9-11H2,1-4H3,(H,21,27);1-2H3;2*1H. The van der Waals surface area contributed by atoms with Crippen molar-refractivity contribution in [3.8, 4) is 11.8 Å². The van der Waals surface area contributed by atoms with Gasteiger partial charge in [-0.25, -0.2) is 9.97 Å². The lowest BCUT2D eigenvalue weighted by atomic mass is 9.62. The van der Waals surface area contributed by atoms with Crippen molar-refractivity contribution in [3.05, 3.63) is 88.4 Å². The van der Waals surface area contributed by atoms with Crippen LogP contribution < -0.4 is 25.7 Å². The number of fused-ring (bicyclic) bond motifs is 4. The Morgan fingerprint density at radius 2 is 1.23 bits per heavy atom. The van der Waals surface area contributed by atoms with E-state index in [4.69, 9.17) is 23.9 Å². The van der Waals surface area contributed by atoms with E-state index in [2.05, 4.69) is 44.5 Å². The Morgan fingerprint density at radius 1 is 0.750 bits per heavy atom. The summed E-state index contributed by atoms with van der Waals surface area (Å²) in [5.74, 6) is 0.231. The zero-order chi connectivity index (χ0) is 45.9. The van der Waals surface area contributed by atoms with Crippen molar-refractivity contribution in [1.82, 2.24) is 43.1 Å². The fourth-order valence-corrected chi connectivity index (χ4v) is 9.17. The number of hydrogen-bond acceptors (Lipinski definition) is 12. The molecule has 344 valence electrons. The second kappa shape index (κ2) is 16.4. The van der Waals surface area contributed by atoms with E-state index >= 15 is 0 Å². The number of hydrogen-bond donors (Lipinski definition) is 2. The molecule has 0 atom stereocenters. The number of aromatic nitrogens is 9. The van der Waals surface area contributed by atoms with Gasteiger partial charge in [0.1, 0.15) is 16.9 Å². The van der Waals surface area contributed by atoms with E-state index in [0.29, 0.717) is 42.0 Å². The fourth-order valence-electron chi connectivity index (χ4n) is 9.17. The molecule has 4 aliphatic heterocycles. The smallest absolute Gasteiger partial charge is 0.321 e. The topological polar surface area (TPSA) is 195 Å². The summed E-state index contributed by atoms with van der Waals surface area (Å²) in [6.07, 6.45) is 13.2. The molecule has 64 heavy (non-hydrogen) atoms. The summed E-state index contributed by atoms with van der Waals surface area (Å²) in [5, 5.41) is 9.59. The van der Waals surface area contributed by atoms with Gasteiger partial charge in [-0.05, 0) is 85.4 Å². The number of halogens is 2. The molecule has 2 amide bonds. The zero-order valence-corrected chi connectivity index (χ0v) is 37.3. The maximum Gasteiger partial charge on any atom is 0.321 e. The molecule has 0 radical (unpaired) electrons. The van der Waals surface area contributed by atoms with Crippen LogP contribution in [0.1, 0.15) is 123 Å². The van der Waals surface area contributed by atoms with Crippen molar-refractivity contribution >= 4 is 34.7 Å². The average molecular weight is 890 g/mol. The highest BCUT2D eigenvalue weighted by Gasteiger charge is 2.62. The predicted molar refractivity (Wildman–Crippen MR) is 235 cm³/mol. The van der Waals surface area contributed by atoms with Gasteiger partial charge in [-0.3, -0.25) is 32.4 Å². The lowest BCUT2D eigenvalue weighted by Crippen LogP contribution is -2.45. The van der Waals surface area contributed by atoms with E-state index in [9.17, 15) is 23.2 Å². The minimum atomic E-state index is -3.06. The summed E-state index contributed by atoms with van der Waals surface area (Å²) < 4.78 is 54.8. The van der Waals surface area contributed by atoms with Gasteiger partial charge in [0.2, 0.25) is 23.3 Å². The van der Waals surface area contributed by atoms with Crippen molar-refractivity contribution in [3.63, 3.8) is 0 Å². The second-order valence-corrected chi connectivity index (χ2v) is 17.9. The van der Waals surface area contributed by atoms with Crippen LogP contribution in [0, 0.1) is 0 Å². The summed E-state index contributed by atoms with van der Waals surface area (Å²) in [5.41, 5.74) is 1.01. The Bertz CT molecular complexity index is 2810. The van der Waals surface area contributed by atoms with Crippen LogP contribution in [0.5, 0.6) is 11.8 Å². The van der Waals surface area contributed by atoms with Gasteiger partial charge in [0.05, 0.1) is 48.0 Å². The van der Waals surface area contributed by atoms with E-state index in [0.717, 1.165) is 43.3 Å². The molecule has 18 nitrogen and oxygen atoms in total. The molecule has 20 heteroatoms. The van der Waals surface area contributed by atoms with Gasteiger partial charge < -0.3 is 29.6 Å². The molecule has 6 aromatic rings. The van der Waals surface area contributed by atoms with Gasteiger partial charge in [-0.2, -0.15) is 23.8 Å². The maximum atomic E-state index is 13.1. The highest BCUT2D eigenvalue weighted by atomic mass is 19.3. The van der Waals surface area contributed by atoms with Gasteiger partial charge in [0, 0.05) is 57.9 Å². The lowest BCUT2D eigenvalue weighted by Gasteiger charge is -2.41. The molecule has 12 rings (SSSR count). The van der Waals surface area contributed by atoms with Crippen molar-refractivity contribution in [2.24, 2.45) is 7.05 Å². The maximum absolute atomic E-state index is 13.1. The molecule has 0 unspecified atom stereocenters. The van der Waals surface area contributed by atoms with Crippen molar-refractivity contribution < 1.29 is 40.2 Å². The molecule has 6 fully saturated rings. The molecular formula is C44H57F2N11O7. The number of anilines is 2. The highest BCUT2D eigenvalue weighted by Crippen LogP contribution is 2.59. The van der Waals surface area contributed by atoms with E-state index in [1.165, 1.54) is 12.1 Å². The van der Waals surface area contributed by atoms with Crippen LogP contribution in [0.15, 0.2) is 60.2 Å². The van der Waals surface area contributed by atoms with Crippen LogP contribution in [0.2, 0.25) is 0 Å². The predicted octanol–water partition coefficient (Wildman–Crippen LogP) is 6.99. The number of carbonyl (C=O) groups is 2. The highest BCUT2D eigenvalue weighted by molar-refractivity contribution is 6.04. The number of nitrogens with zero attached hydrogens (tertiary/aromatic N) is 9. The molecule has 2 N–H and O–H groups in total. The van der Waals surface area contributed by atoms with Crippen LogP contribution in [0.3, 0.4) is 0 Å². The first-order valence-electron chi connectivity index (χ1n) is 21.4. The van der Waals surface area contributed by atoms with E-state index < -0.39 is 23.6 Å². The summed E-state index contributed by atoms with van der Waals surface area (Å²) in [6, 6.07) is 4.06. The number of ether oxygens (including phenoxy) is 4. The van der Waals surface area contributed by atoms with E-state index in [1.807, 2.05) is 44.5 Å². The molecule has 4 saturated heterocycles. The van der Waals surface area contributed by atoms with Crippen LogP contribution in [0.4, 0.5) is 20.2 Å². The fraction of sp³-hybridized carbons (Fsp3) is 0.500. The molecule has 0 spiro atoms. The van der Waals surface area contributed by atoms with Gasteiger partial charge in [-0.15, -0.1) is 0 Å². The first-order valence-corrected chi connectivity index (χ1v) is 21.4. The molecule has 4 bridgehead atoms. The molecule has 0 aromatic carbocycles. The Kier molecular flexibility index (Phi) is 11.3. The van der Waals surface area contributed by atoms with Crippen LogP contribution in [-0.4, -0.2) is 91.5 Å². The van der Waals surface area contributed by atoms with Crippen molar-refractivity contribution in [2.75, 3.05) is 23.8 Å². The number of rotatable bonds is 11. The van der Waals surface area contributed by atoms with Gasteiger partial charge in [-0.1, -0.05) is 13.8 Å². The third-order valence-corrected chi connectivity index (χ3v) is 11.7. The molecule has 10 heterocycles. The average Bonchev–Trinajstić information content (AvgIpc) is 4.09. The molecular weight excluding hydrogens is 833 g/mol. The normalized spacial score (nSPS) is 23.9. The summed E-state index contributed by atoms with van der Waals surface area (Å²) in [7, 11) is 1.77. The summed E-state index contributed by atoms with van der Waals surface area (Å²) in [4.78, 5) is 56.1. The first-order chi connectivity index (χ1) is 30.3. The molecule has 2 saturated carbocycles. The number of pyridine rings is 1. The SMILES string of the molecule is CC.CC(C)Oc1nc2nc(C34COC(C)(C3)C4)cn2cc1NC(=O)c1cccn(C(F)F)c1=O.CC(C)Oc1nc2nc(C34COC(C)(C3)C4)cn2cc1NC(=O)c1ccn(C)n1.[HH].[HH]. The van der Waals surface area contributed by atoms with Gasteiger partial charge >= 0.3 is 6.55 Å². The number of carbonyl (C=O) groups excluding carboxylic acids is 2. The quantitative estimate of drug-likeness (QED) is 0.136. The Balaban J connectivity index is 0.000000206. The number of imidazole rings is 2. The van der Waals surface area contributed by atoms with Crippen molar-refractivity contribution in [1.29, 1.82) is 0 Å². The van der Waals surface area contributed by atoms with Gasteiger partial charge in [0.15, 0.2) is 5.69 Å². The van der Waals surface area contributed by atoms with E-state index in [1.54, 1.807) is 54.6 Å². The largest absolute Gasteiger partial charge is 0.473 e. The van der Waals surface area contributed by atoms with Crippen LogP contribution in [-0.2, 0) is 27.4 Å². The number of amides is 2. The lowest BCUT2D eigenvalue weighted by molar-refractivity contribution is 0.0151. The Hall–Kier alpha value is -6.28.